The lowest BCUT2D eigenvalue weighted by Gasteiger charge is -2.39. The van der Waals surface area contributed by atoms with Crippen molar-refractivity contribution in [1.82, 2.24) is 14.8 Å². The highest BCUT2D eigenvalue weighted by atomic mass is 32.2. The Hall–Kier alpha value is -2.81. The Kier molecular flexibility index (Phi) is 5.67. The maximum Gasteiger partial charge on any atom is 0.241 e. The number of halogens is 1. The van der Waals surface area contributed by atoms with Crippen LogP contribution in [0.15, 0.2) is 70.1 Å². The minimum absolute atomic E-state index is 0.301. The van der Waals surface area contributed by atoms with E-state index in [1.165, 1.54) is 12.1 Å². The van der Waals surface area contributed by atoms with Gasteiger partial charge < -0.3 is 9.42 Å². The van der Waals surface area contributed by atoms with Crippen molar-refractivity contribution in [3.8, 4) is 0 Å². The molecule has 166 valence electrons. The lowest BCUT2D eigenvalue weighted by molar-refractivity contribution is 0.102. The molecule has 1 saturated heterocycles. The first-order chi connectivity index (χ1) is 15.5. The fourth-order valence-corrected chi connectivity index (χ4v) is 5.68. The van der Waals surface area contributed by atoms with Crippen LogP contribution in [0.5, 0.6) is 0 Å². The van der Waals surface area contributed by atoms with Gasteiger partial charge in [-0.05, 0) is 48.9 Å². The minimum Gasteiger partial charge on any atom is -0.356 e. The number of nitrogens with zero attached hydrogens (tertiary/aromatic N) is 2. The first-order valence-corrected chi connectivity index (χ1v) is 12.2. The first-order valence-electron chi connectivity index (χ1n) is 10.7. The summed E-state index contributed by atoms with van der Waals surface area (Å²) in [7, 11) is -3.56. The van der Waals surface area contributed by atoms with Gasteiger partial charge in [0.05, 0.1) is 10.6 Å². The van der Waals surface area contributed by atoms with Gasteiger partial charge in [-0.3, -0.25) is 0 Å². The predicted octanol–water partition coefficient (Wildman–Crippen LogP) is 3.96. The SMILES string of the molecule is O=S(=O)(NCC1CN(CCCc2noc3cc(F)ccc23)C1)c1cccc2ccccc12. The second-order valence-corrected chi connectivity index (χ2v) is 10.1. The topological polar surface area (TPSA) is 75.4 Å². The number of aromatic nitrogens is 1. The zero-order valence-electron chi connectivity index (χ0n) is 17.5. The molecule has 0 atom stereocenters. The van der Waals surface area contributed by atoms with Crippen LogP contribution < -0.4 is 4.72 Å². The molecule has 2 heterocycles. The molecule has 32 heavy (non-hydrogen) atoms. The van der Waals surface area contributed by atoms with E-state index in [-0.39, 0.29) is 5.82 Å². The number of likely N-dealkylation sites (tertiary alicyclic amines) is 1. The van der Waals surface area contributed by atoms with Crippen LogP contribution in [0.25, 0.3) is 21.7 Å². The molecule has 1 aromatic heterocycles. The van der Waals surface area contributed by atoms with E-state index in [0.717, 1.165) is 54.3 Å². The fourth-order valence-electron chi connectivity index (χ4n) is 4.34. The van der Waals surface area contributed by atoms with Gasteiger partial charge in [-0.2, -0.15) is 0 Å². The number of fused-ring (bicyclic) bond motifs is 2. The Bertz CT molecular complexity index is 1360. The van der Waals surface area contributed by atoms with Crippen molar-refractivity contribution in [2.45, 2.75) is 17.7 Å². The maximum atomic E-state index is 13.3. The van der Waals surface area contributed by atoms with Gasteiger partial charge >= 0.3 is 0 Å². The summed E-state index contributed by atoms with van der Waals surface area (Å²) in [6, 6.07) is 17.3. The molecule has 6 nitrogen and oxygen atoms in total. The fraction of sp³-hybridized carbons (Fsp3) is 0.292. The molecule has 0 bridgehead atoms. The number of aryl methyl sites for hydroxylation is 1. The lowest BCUT2D eigenvalue weighted by atomic mass is 10.00. The van der Waals surface area contributed by atoms with Crippen molar-refractivity contribution >= 4 is 31.8 Å². The van der Waals surface area contributed by atoms with Crippen LogP contribution in [0.2, 0.25) is 0 Å². The second-order valence-electron chi connectivity index (χ2n) is 8.33. The molecule has 0 aliphatic carbocycles. The quantitative estimate of drug-likeness (QED) is 0.437. The summed E-state index contributed by atoms with van der Waals surface area (Å²) in [6.45, 7) is 3.06. The third-order valence-electron chi connectivity index (χ3n) is 6.03. The molecular weight excluding hydrogens is 429 g/mol. The highest BCUT2D eigenvalue weighted by Crippen LogP contribution is 2.24. The summed E-state index contributed by atoms with van der Waals surface area (Å²) in [4.78, 5) is 2.63. The number of rotatable bonds is 8. The number of hydrogen-bond donors (Lipinski definition) is 1. The highest BCUT2D eigenvalue weighted by molar-refractivity contribution is 7.89. The van der Waals surface area contributed by atoms with E-state index in [0.29, 0.717) is 22.9 Å². The Morgan fingerprint density at radius 3 is 2.75 bits per heavy atom. The van der Waals surface area contributed by atoms with E-state index in [9.17, 15) is 12.8 Å². The summed E-state index contributed by atoms with van der Waals surface area (Å²) in [5.74, 6) is -0.0292. The molecule has 4 aromatic rings. The zero-order valence-corrected chi connectivity index (χ0v) is 18.3. The van der Waals surface area contributed by atoms with Crippen molar-refractivity contribution in [2.24, 2.45) is 5.92 Å². The third-order valence-corrected chi connectivity index (χ3v) is 7.51. The Balaban J connectivity index is 1.10. The standard InChI is InChI=1S/C24H24FN3O3S/c25-19-10-11-21-22(27-31-23(21)13-19)8-4-12-28-15-17(16-28)14-26-32(29,30)24-9-3-6-18-5-1-2-7-20(18)24/h1-3,5-7,9-11,13,17,26H,4,8,12,14-16H2. The summed E-state index contributed by atoms with van der Waals surface area (Å²) in [6.07, 6.45) is 1.67. The van der Waals surface area contributed by atoms with Crippen LogP contribution >= 0.6 is 0 Å². The molecule has 8 heteroatoms. The van der Waals surface area contributed by atoms with Gasteiger partial charge in [0, 0.05) is 36.5 Å². The number of sulfonamides is 1. The highest BCUT2D eigenvalue weighted by Gasteiger charge is 2.28. The maximum absolute atomic E-state index is 13.3. The van der Waals surface area contributed by atoms with E-state index in [1.54, 1.807) is 18.2 Å². The van der Waals surface area contributed by atoms with Crippen LogP contribution in [0.4, 0.5) is 4.39 Å². The van der Waals surface area contributed by atoms with Gasteiger partial charge in [-0.15, -0.1) is 0 Å². The monoisotopic (exact) mass is 453 g/mol. The van der Waals surface area contributed by atoms with Crippen molar-refractivity contribution in [1.29, 1.82) is 0 Å². The summed E-state index contributed by atoms with van der Waals surface area (Å²) in [5.41, 5.74) is 1.32. The van der Waals surface area contributed by atoms with Crippen molar-refractivity contribution in [3.05, 3.63) is 72.2 Å². The van der Waals surface area contributed by atoms with E-state index in [4.69, 9.17) is 4.52 Å². The van der Waals surface area contributed by atoms with Crippen molar-refractivity contribution in [2.75, 3.05) is 26.2 Å². The molecule has 1 aliphatic heterocycles. The average molecular weight is 454 g/mol. The van der Waals surface area contributed by atoms with Gasteiger partial charge in [-0.1, -0.05) is 41.6 Å². The molecule has 3 aromatic carbocycles. The average Bonchev–Trinajstić information content (AvgIpc) is 3.16. The third kappa shape index (κ3) is 4.26. The summed E-state index contributed by atoms with van der Waals surface area (Å²) in [5, 5.41) is 6.57. The first kappa shape index (κ1) is 21.1. The van der Waals surface area contributed by atoms with Gasteiger partial charge in [0.25, 0.3) is 0 Å². The summed E-state index contributed by atoms with van der Waals surface area (Å²) < 4.78 is 46.9. The van der Waals surface area contributed by atoms with Gasteiger partial charge in [0.1, 0.15) is 5.82 Å². The molecule has 1 N–H and O–H groups in total. The second kappa shape index (κ2) is 8.61. The van der Waals surface area contributed by atoms with E-state index in [2.05, 4.69) is 14.8 Å². The Morgan fingerprint density at radius 2 is 1.88 bits per heavy atom. The molecule has 0 radical (unpaired) electrons. The van der Waals surface area contributed by atoms with E-state index < -0.39 is 10.0 Å². The molecule has 1 aliphatic rings. The van der Waals surface area contributed by atoms with E-state index >= 15 is 0 Å². The molecule has 0 spiro atoms. The molecule has 0 unspecified atom stereocenters. The summed E-state index contributed by atoms with van der Waals surface area (Å²) >= 11 is 0. The van der Waals surface area contributed by atoms with Crippen molar-refractivity contribution < 1.29 is 17.3 Å². The minimum atomic E-state index is -3.56. The van der Waals surface area contributed by atoms with Gasteiger partial charge in [0.15, 0.2) is 5.58 Å². The Labute approximate surface area is 186 Å². The molecule has 0 amide bonds. The van der Waals surface area contributed by atoms with Crippen LogP contribution in [0.1, 0.15) is 12.1 Å². The van der Waals surface area contributed by atoms with Crippen LogP contribution in [-0.4, -0.2) is 44.7 Å². The van der Waals surface area contributed by atoms with Crippen molar-refractivity contribution in [3.63, 3.8) is 0 Å². The smallest absolute Gasteiger partial charge is 0.241 e. The largest absolute Gasteiger partial charge is 0.356 e. The van der Waals surface area contributed by atoms with Gasteiger partial charge in [0.2, 0.25) is 10.0 Å². The van der Waals surface area contributed by atoms with Crippen LogP contribution in [-0.2, 0) is 16.4 Å². The normalized spacial score (nSPS) is 15.4. The molecule has 0 saturated carbocycles. The van der Waals surface area contributed by atoms with E-state index in [1.807, 2.05) is 30.3 Å². The van der Waals surface area contributed by atoms with Gasteiger partial charge in [-0.25, -0.2) is 17.5 Å². The lowest BCUT2D eigenvalue weighted by Crippen LogP contribution is -2.51. The predicted molar refractivity (Wildman–Crippen MR) is 121 cm³/mol. The van der Waals surface area contributed by atoms with Crippen LogP contribution in [0, 0.1) is 11.7 Å². The molecular formula is C24H24FN3O3S. The molecule has 5 rings (SSSR count). The number of hydrogen-bond acceptors (Lipinski definition) is 5. The number of nitrogens with one attached hydrogen (secondary N) is 1. The Morgan fingerprint density at radius 1 is 1.06 bits per heavy atom. The number of benzene rings is 3. The zero-order chi connectivity index (χ0) is 22.1. The van der Waals surface area contributed by atoms with Crippen LogP contribution in [0.3, 0.4) is 0 Å². The molecule has 1 fully saturated rings.